The minimum atomic E-state index is -0.687. The number of benzene rings is 3. The maximum absolute atomic E-state index is 13.6. The Hall–Kier alpha value is -4.04. The second-order valence-electron chi connectivity index (χ2n) is 7.81. The molecule has 1 amide bonds. The number of rotatable bonds is 7. The first-order chi connectivity index (χ1) is 16.9. The molecule has 0 fully saturated rings. The summed E-state index contributed by atoms with van der Waals surface area (Å²) in [5.41, 5.74) is 1.02. The fourth-order valence-corrected chi connectivity index (χ4v) is 4.04. The number of halogens is 1. The highest BCUT2D eigenvalue weighted by molar-refractivity contribution is 6.30. The van der Waals surface area contributed by atoms with E-state index in [9.17, 15) is 14.4 Å². The SMILES string of the molecule is CCc1ccc(NC(=O)Cn2c(=O)n(-c3cccc(Cl)c3)c(=O)c3cc(OC)c(OC)cc32)cc1. The van der Waals surface area contributed by atoms with E-state index in [2.05, 4.69) is 5.32 Å². The van der Waals surface area contributed by atoms with Crippen LogP contribution in [0.3, 0.4) is 0 Å². The van der Waals surface area contributed by atoms with Gasteiger partial charge in [-0.1, -0.05) is 36.7 Å². The first-order valence-electron chi connectivity index (χ1n) is 10.9. The van der Waals surface area contributed by atoms with Crippen LogP contribution in [0.4, 0.5) is 5.69 Å². The van der Waals surface area contributed by atoms with E-state index in [-0.39, 0.29) is 23.1 Å². The lowest BCUT2D eigenvalue weighted by molar-refractivity contribution is -0.116. The zero-order valence-electron chi connectivity index (χ0n) is 19.5. The Morgan fingerprint density at radius 2 is 1.66 bits per heavy atom. The third-order valence-corrected chi connectivity index (χ3v) is 5.90. The van der Waals surface area contributed by atoms with E-state index in [0.29, 0.717) is 22.2 Å². The molecule has 0 bridgehead atoms. The van der Waals surface area contributed by atoms with Gasteiger partial charge in [0, 0.05) is 16.8 Å². The van der Waals surface area contributed by atoms with Crippen molar-refractivity contribution < 1.29 is 14.3 Å². The number of fused-ring (bicyclic) bond motifs is 1. The predicted octanol–water partition coefficient (Wildman–Crippen LogP) is 4.02. The Bertz CT molecular complexity index is 1520. The number of amides is 1. The van der Waals surface area contributed by atoms with Crippen molar-refractivity contribution >= 4 is 34.1 Å². The number of aromatic nitrogens is 2. The van der Waals surface area contributed by atoms with Crippen molar-refractivity contribution in [2.24, 2.45) is 0 Å². The molecule has 1 aromatic heterocycles. The van der Waals surface area contributed by atoms with E-state index >= 15 is 0 Å². The molecule has 1 N–H and O–H groups in total. The average molecular weight is 494 g/mol. The largest absolute Gasteiger partial charge is 0.493 e. The van der Waals surface area contributed by atoms with E-state index < -0.39 is 17.2 Å². The van der Waals surface area contributed by atoms with Crippen molar-refractivity contribution in [2.45, 2.75) is 19.9 Å². The van der Waals surface area contributed by atoms with E-state index in [4.69, 9.17) is 21.1 Å². The van der Waals surface area contributed by atoms with Crippen molar-refractivity contribution in [2.75, 3.05) is 19.5 Å². The summed E-state index contributed by atoms with van der Waals surface area (Å²) in [4.78, 5) is 40.0. The van der Waals surface area contributed by atoms with Crippen LogP contribution in [0.1, 0.15) is 12.5 Å². The molecule has 0 saturated heterocycles. The fourth-order valence-electron chi connectivity index (χ4n) is 3.86. The van der Waals surface area contributed by atoms with Gasteiger partial charge in [-0.2, -0.15) is 0 Å². The van der Waals surface area contributed by atoms with Crippen LogP contribution in [0.25, 0.3) is 16.6 Å². The van der Waals surface area contributed by atoms with Gasteiger partial charge < -0.3 is 14.8 Å². The lowest BCUT2D eigenvalue weighted by atomic mass is 10.1. The second kappa shape index (κ2) is 10.1. The Morgan fingerprint density at radius 3 is 2.29 bits per heavy atom. The highest BCUT2D eigenvalue weighted by atomic mass is 35.5. The molecule has 0 aliphatic carbocycles. The molecule has 0 spiro atoms. The van der Waals surface area contributed by atoms with Crippen LogP contribution in [-0.4, -0.2) is 29.3 Å². The predicted molar refractivity (Wildman–Crippen MR) is 136 cm³/mol. The Balaban J connectivity index is 1.88. The van der Waals surface area contributed by atoms with Crippen molar-refractivity contribution in [3.63, 3.8) is 0 Å². The van der Waals surface area contributed by atoms with Crippen molar-refractivity contribution in [3.05, 3.63) is 92.1 Å². The number of anilines is 1. The summed E-state index contributed by atoms with van der Waals surface area (Å²) in [6.07, 6.45) is 0.881. The molecule has 35 heavy (non-hydrogen) atoms. The van der Waals surface area contributed by atoms with Crippen molar-refractivity contribution in [1.29, 1.82) is 0 Å². The van der Waals surface area contributed by atoms with Crippen molar-refractivity contribution in [1.82, 2.24) is 9.13 Å². The molecular weight excluding hydrogens is 470 g/mol. The van der Waals surface area contributed by atoms with Crippen LogP contribution in [0.2, 0.25) is 5.02 Å². The quantitative estimate of drug-likeness (QED) is 0.420. The topological polar surface area (TPSA) is 91.6 Å². The van der Waals surface area contributed by atoms with Gasteiger partial charge in [-0.15, -0.1) is 0 Å². The maximum atomic E-state index is 13.6. The number of nitrogens with zero attached hydrogens (tertiary/aromatic N) is 2. The number of methoxy groups -OCH3 is 2. The van der Waals surface area contributed by atoms with E-state index in [1.807, 2.05) is 19.1 Å². The maximum Gasteiger partial charge on any atom is 0.336 e. The van der Waals surface area contributed by atoms with Gasteiger partial charge in [-0.3, -0.25) is 14.2 Å². The molecule has 0 atom stereocenters. The Kier molecular flexibility index (Phi) is 6.93. The zero-order valence-corrected chi connectivity index (χ0v) is 20.3. The monoisotopic (exact) mass is 493 g/mol. The van der Waals surface area contributed by atoms with Crippen LogP contribution >= 0.6 is 11.6 Å². The first kappa shape index (κ1) is 24.1. The number of nitrogens with one attached hydrogen (secondary N) is 1. The van der Waals surface area contributed by atoms with Gasteiger partial charge in [0.05, 0.1) is 30.8 Å². The molecule has 0 saturated carbocycles. The first-order valence-corrected chi connectivity index (χ1v) is 11.3. The normalized spacial score (nSPS) is 10.9. The molecule has 0 aliphatic rings. The third kappa shape index (κ3) is 4.79. The van der Waals surface area contributed by atoms with Gasteiger partial charge >= 0.3 is 5.69 Å². The van der Waals surface area contributed by atoms with E-state index in [1.165, 1.54) is 37.0 Å². The second-order valence-corrected chi connectivity index (χ2v) is 8.25. The number of carbonyl (C=O) groups is 1. The minimum absolute atomic E-state index is 0.183. The fraction of sp³-hybridized carbons (Fsp3) is 0.192. The summed E-state index contributed by atoms with van der Waals surface area (Å²) < 4.78 is 12.9. The number of carbonyl (C=O) groups excluding carboxylic acids is 1. The van der Waals surface area contributed by atoms with Gasteiger partial charge in [-0.05, 0) is 48.4 Å². The van der Waals surface area contributed by atoms with Crippen LogP contribution in [0.15, 0.2) is 70.3 Å². The smallest absolute Gasteiger partial charge is 0.336 e. The number of ether oxygens (including phenoxy) is 2. The summed E-state index contributed by atoms with van der Waals surface area (Å²) in [5.74, 6) is 0.216. The summed E-state index contributed by atoms with van der Waals surface area (Å²) in [6.45, 7) is 1.71. The average Bonchev–Trinajstić information content (AvgIpc) is 2.86. The molecule has 4 aromatic rings. The number of aryl methyl sites for hydroxylation is 1. The molecule has 3 aromatic carbocycles. The van der Waals surface area contributed by atoms with Crippen LogP contribution in [0, 0.1) is 0 Å². The molecule has 8 nitrogen and oxygen atoms in total. The van der Waals surface area contributed by atoms with Gasteiger partial charge in [0.2, 0.25) is 5.91 Å². The molecule has 9 heteroatoms. The molecule has 1 heterocycles. The van der Waals surface area contributed by atoms with Gasteiger partial charge in [-0.25, -0.2) is 9.36 Å². The standard InChI is InChI=1S/C26H24ClN3O5/c1-4-16-8-10-18(11-9-16)28-24(31)15-29-21-14-23(35-3)22(34-2)13-20(21)25(32)30(26(29)33)19-7-5-6-17(27)12-19/h5-14H,4,15H2,1-3H3,(H,28,31). The Labute approximate surface area is 206 Å². The van der Waals surface area contributed by atoms with Crippen LogP contribution in [-0.2, 0) is 17.8 Å². The molecular formula is C26H24ClN3O5. The van der Waals surface area contributed by atoms with Crippen molar-refractivity contribution in [3.8, 4) is 17.2 Å². The van der Waals surface area contributed by atoms with E-state index in [1.54, 1.807) is 30.3 Å². The highest BCUT2D eigenvalue weighted by Gasteiger charge is 2.20. The molecule has 180 valence electrons. The van der Waals surface area contributed by atoms with Gasteiger partial charge in [0.25, 0.3) is 5.56 Å². The number of hydrogen-bond donors (Lipinski definition) is 1. The number of hydrogen-bond acceptors (Lipinski definition) is 5. The lowest BCUT2D eigenvalue weighted by Crippen LogP contribution is -2.40. The summed E-state index contributed by atoms with van der Waals surface area (Å²) in [5, 5.41) is 3.35. The zero-order chi connectivity index (χ0) is 25.1. The van der Waals surface area contributed by atoms with Gasteiger partial charge in [0.15, 0.2) is 11.5 Å². The highest BCUT2D eigenvalue weighted by Crippen LogP contribution is 2.30. The molecule has 0 radical (unpaired) electrons. The minimum Gasteiger partial charge on any atom is -0.493 e. The molecule has 0 aliphatic heterocycles. The van der Waals surface area contributed by atoms with E-state index in [0.717, 1.165) is 16.6 Å². The molecule has 0 unspecified atom stereocenters. The third-order valence-electron chi connectivity index (χ3n) is 5.66. The molecule has 4 rings (SSSR count). The summed E-state index contributed by atoms with van der Waals surface area (Å²) >= 11 is 6.12. The van der Waals surface area contributed by atoms with Crippen LogP contribution < -0.4 is 26.0 Å². The Morgan fingerprint density at radius 1 is 0.971 bits per heavy atom. The van der Waals surface area contributed by atoms with Gasteiger partial charge in [0.1, 0.15) is 6.54 Å². The summed E-state index contributed by atoms with van der Waals surface area (Å²) in [7, 11) is 2.90. The lowest BCUT2D eigenvalue weighted by Gasteiger charge is -2.16. The summed E-state index contributed by atoms with van der Waals surface area (Å²) in [6, 6.07) is 16.9. The van der Waals surface area contributed by atoms with Crippen LogP contribution in [0.5, 0.6) is 11.5 Å².